The van der Waals surface area contributed by atoms with Gasteiger partial charge in [0.1, 0.15) is 6.23 Å². The van der Waals surface area contributed by atoms with E-state index in [9.17, 15) is 5.11 Å². The summed E-state index contributed by atoms with van der Waals surface area (Å²) in [5, 5.41) is 12.9. The van der Waals surface area contributed by atoms with Crippen molar-refractivity contribution >= 4 is 44.8 Å². The molecule has 0 bridgehead atoms. The van der Waals surface area contributed by atoms with E-state index in [1.165, 1.54) is 0 Å². The van der Waals surface area contributed by atoms with Gasteiger partial charge in [-0.1, -0.05) is 11.6 Å². The number of halogens is 3. The smallest absolute Gasteiger partial charge is 0.125 e. The topological polar surface area (TPSA) is 32.3 Å². The molecule has 0 saturated heterocycles. The highest BCUT2D eigenvalue weighted by Crippen LogP contribution is 2.25. The first kappa shape index (κ1) is 12.1. The van der Waals surface area contributed by atoms with Gasteiger partial charge in [-0.05, 0) is 34.1 Å². The Kier molecular flexibility index (Phi) is 5.02. The van der Waals surface area contributed by atoms with Crippen LogP contribution in [0.2, 0.25) is 5.02 Å². The van der Waals surface area contributed by atoms with Crippen LogP contribution in [-0.4, -0.2) is 17.2 Å². The van der Waals surface area contributed by atoms with E-state index in [2.05, 4.69) is 21.2 Å². The first-order valence-electron chi connectivity index (χ1n) is 4.09. The van der Waals surface area contributed by atoms with E-state index in [1.807, 2.05) is 12.1 Å². The molecule has 0 aliphatic carbocycles. The third-order valence-corrected chi connectivity index (χ3v) is 3.09. The first-order valence-corrected chi connectivity index (χ1v) is 5.79. The van der Waals surface area contributed by atoms with E-state index in [0.717, 1.165) is 10.2 Å². The molecule has 0 radical (unpaired) electrons. The third-order valence-electron chi connectivity index (χ3n) is 1.64. The van der Waals surface area contributed by atoms with Crippen molar-refractivity contribution in [3.8, 4) is 0 Å². The van der Waals surface area contributed by atoms with Gasteiger partial charge < -0.3 is 10.4 Å². The average molecular weight is 299 g/mol. The molecule has 1 atom stereocenters. The van der Waals surface area contributed by atoms with Crippen molar-refractivity contribution in [2.24, 2.45) is 0 Å². The van der Waals surface area contributed by atoms with Crippen LogP contribution < -0.4 is 5.32 Å². The number of aliphatic hydroxyl groups excluding tert-OH is 1. The fourth-order valence-electron chi connectivity index (χ4n) is 0.954. The summed E-state index contributed by atoms with van der Waals surface area (Å²) in [4.78, 5) is 0. The minimum absolute atomic E-state index is 0.415. The van der Waals surface area contributed by atoms with Crippen molar-refractivity contribution in [3.63, 3.8) is 0 Å². The molecule has 1 aromatic rings. The Morgan fingerprint density at radius 1 is 1.50 bits per heavy atom. The van der Waals surface area contributed by atoms with Crippen LogP contribution in [-0.2, 0) is 0 Å². The van der Waals surface area contributed by atoms with Gasteiger partial charge in [-0.15, -0.1) is 11.6 Å². The number of alkyl halides is 1. The summed E-state index contributed by atoms with van der Waals surface area (Å²) in [6.07, 6.45) is -0.139. The molecule has 0 aromatic heterocycles. The van der Waals surface area contributed by atoms with Crippen molar-refractivity contribution in [1.82, 2.24) is 0 Å². The Bertz CT molecular complexity index is 309. The largest absolute Gasteiger partial charge is 0.374 e. The average Bonchev–Trinajstić information content (AvgIpc) is 2.12. The fourth-order valence-corrected chi connectivity index (χ4v) is 1.59. The summed E-state index contributed by atoms with van der Waals surface area (Å²) in [6.45, 7) is 0. The Labute approximate surface area is 101 Å². The Morgan fingerprint density at radius 2 is 2.21 bits per heavy atom. The van der Waals surface area contributed by atoms with Crippen molar-refractivity contribution in [3.05, 3.63) is 27.7 Å². The van der Waals surface area contributed by atoms with Crippen LogP contribution in [0.4, 0.5) is 5.69 Å². The molecule has 2 N–H and O–H groups in total. The molecule has 78 valence electrons. The van der Waals surface area contributed by atoms with E-state index in [1.54, 1.807) is 6.07 Å². The Morgan fingerprint density at radius 3 is 2.79 bits per heavy atom. The van der Waals surface area contributed by atoms with Gasteiger partial charge in [0, 0.05) is 22.5 Å². The lowest BCUT2D eigenvalue weighted by atomic mass is 10.3. The van der Waals surface area contributed by atoms with E-state index in [-0.39, 0.29) is 0 Å². The zero-order valence-electron chi connectivity index (χ0n) is 7.30. The van der Waals surface area contributed by atoms with Gasteiger partial charge in [-0.2, -0.15) is 0 Å². The number of aliphatic hydroxyl groups is 1. The molecule has 14 heavy (non-hydrogen) atoms. The van der Waals surface area contributed by atoms with Crippen LogP contribution in [0.3, 0.4) is 0 Å². The summed E-state index contributed by atoms with van der Waals surface area (Å²) in [5.41, 5.74) is 0.774. The molecule has 1 unspecified atom stereocenters. The molecule has 0 heterocycles. The number of hydrogen-bond donors (Lipinski definition) is 2. The summed E-state index contributed by atoms with van der Waals surface area (Å²) in [6, 6.07) is 5.38. The van der Waals surface area contributed by atoms with Crippen LogP contribution >= 0.6 is 39.1 Å². The van der Waals surface area contributed by atoms with Gasteiger partial charge in [-0.3, -0.25) is 0 Å². The quantitative estimate of drug-likeness (QED) is 0.659. The maximum Gasteiger partial charge on any atom is 0.125 e. The molecule has 0 saturated carbocycles. The first-order chi connectivity index (χ1) is 6.63. The van der Waals surface area contributed by atoms with Gasteiger partial charge in [0.25, 0.3) is 0 Å². The van der Waals surface area contributed by atoms with E-state index in [4.69, 9.17) is 23.2 Å². The number of anilines is 1. The minimum Gasteiger partial charge on any atom is -0.374 e. The standard InChI is InChI=1S/C9H10BrCl2NO/c10-7-2-1-6(5-8(7)12)13-9(14)3-4-11/h1-2,5,9,13-14H,3-4H2. The predicted octanol–water partition coefficient (Wildman–Crippen LogP) is 3.46. The molecule has 0 spiro atoms. The Balaban J connectivity index is 2.63. The second-order valence-electron chi connectivity index (χ2n) is 2.77. The van der Waals surface area contributed by atoms with Crippen molar-refractivity contribution < 1.29 is 5.11 Å². The summed E-state index contributed by atoms with van der Waals surface area (Å²) in [5.74, 6) is 0.415. The highest BCUT2D eigenvalue weighted by molar-refractivity contribution is 9.10. The van der Waals surface area contributed by atoms with Crippen LogP contribution in [0.15, 0.2) is 22.7 Å². The van der Waals surface area contributed by atoms with Gasteiger partial charge >= 0.3 is 0 Å². The number of benzene rings is 1. The lowest BCUT2D eigenvalue weighted by Gasteiger charge is -2.13. The monoisotopic (exact) mass is 297 g/mol. The molecule has 2 nitrogen and oxygen atoms in total. The van der Waals surface area contributed by atoms with Crippen LogP contribution in [0.5, 0.6) is 0 Å². The van der Waals surface area contributed by atoms with E-state index < -0.39 is 6.23 Å². The van der Waals surface area contributed by atoms with Crippen LogP contribution in [0, 0.1) is 0 Å². The SMILES string of the molecule is OC(CCCl)Nc1ccc(Br)c(Cl)c1. The number of hydrogen-bond acceptors (Lipinski definition) is 2. The predicted molar refractivity (Wildman–Crippen MR) is 64.1 cm³/mol. The summed E-state index contributed by atoms with van der Waals surface area (Å²) < 4.78 is 0.830. The van der Waals surface area contributed by atoms with E-state index in [0.29, 0.717) is 17.3 Å². The van der Waals surface area contributed by atoms with Crippen molar-refractivity contribution in [1.29, 1.82) is 0 Å². The minimum atomic E-state index is -0.634. The Hall–Kier alpha value is 0.0400. The molecule has 0 fully saturated rings. The highest BCUT2D eigenvalue weighted by atomic mass is 79.9. The fraction of sp³-hybridized carbons (Fsp3) is 0.333. The molecule has 0 amide bonds. The van der Waals surface area contributed by atoms with Crippen LogP contribution in [0.1, 0.15) is 6.42 Å². The maximum absolute atomic E-state index is 9.41. The van der Waals surface area contributed by atoms with Crippen molar-refractivity contribution in [2.45, 2.75) is 12.6 Å². The molecule has 1 aromatic carbocycles. The zero-order chi connectivity index (χ0) is 10.6. The zero-order valence-corrected chi connectivity index (χ0v) is 10.4. The third kappa shape index (κ3) is 3.65. The molecular weight excluding hydrogens is 289 g/mol. The van der Waals surface area contributed by atoms with E-state index >= 15 is 0 Å². The lowest BCUT2D eigenvalue weighted by Crippen LogP contribution is -2.18. The molecule has 5 heteroatoms. The molecular formula is C9H10BrCl2NO. The van der Waals surface area contributed by atoms with Crippen LogP contribution in [0.25, 0.3) is 0 Å². The van der Waals surface area contributed by atoms with Gasteiger partial charge in [0.2, 0.25) is 0 Å². The summed E-state index contributed by atoms with van der Waals surface area (Å²) in [7, 11) is 0. The lowest BCUT2D eigenvalue weighted by molar-refractivity contribution is 0.200. The molecule has 0 aliphatic rings. The second kappa shape index (κ2) is 5.81. The summed E-state index contributed by atoms with van der Waals surface area (Å²) >= 11 is 14.6. The second-order valence-corrected chi connectivity index (χ2v) is 4.41. The van der Waals surface area contributed by atoms with Gasteiger partial charge in [0.05, 0.1) is 5.02 Å². The van der Waals surface area contributed by atoms with Gasteiger partial charge in [0.15, 0.2) is 0 Å². The number of rotatable bonds is 4. The molecule has 1 rings (SSSR count). The van der Waals surface area contributed by atoms with Crippen molar-refractivity contribution in [2.75, 3.05) is 11.2 Å². The van der Waals surface area contributed by atoms with Gasteiger partial charge in [-0.25, -0.2) is 0 Å². The maximum atomic E-state index is 9.41. The number of nitrogens with one attached hydrogen (secondary N) is 1. The molecule has 0 aliphatic heterocycles. The normalized spacial score (nSPS) is 12.6. The highest BCUT2D eigenvalue weighted by Gasteiger charge is 2.04.